The molecule has 0 amide bonds. The van der Waals surface area contributed by atoms with E-state index < -0.39 is 0 Å². The lowest BCUT2D eigenvalue weighted by atomic mass is 9.77. The number of ether oxygens (including phenoxy) is 1. The smallest absolute Gasteiger partial charge is 0.211 e. The highest BCUT2D eigenvalue weighted by atomic mass is 32.2. The lowest BCUT2D eigenvalue weighted by molar-refractivity contribution is 0.0975. The molecule has 0 bridgehead atoms. The van der Waals surface area contributed by atoms with Crippen LogP contribution < -0.4 is 10.6 Å². The molecule has 6 rings (SSSR count). The molecule has 7 nitrogen and oxygen atoms in total. The Labute approximate surface area is 191 Å². The highest BCUT2D eigenvalue weighted by molar-refractivity contribution is 7.99. The average molecular weight is 447 g/mol. The number of anilines is 2. The first-order valence-corrected chi connectivity index (χ1v) is 11.9. The number of hydrogen-bond acceptors (Lipinski definition) is 7. The first-order valence-electron chi connectivity index (χ1n) is 11.1. The number of benzene rings is 1. The summed E-state index contributed by atoms with van der Waals surface area (Å²) >= 11 is 1.64. The monoisotopic (exact) mass is 446 g/mol. The molecular weight excluding hydrogens is 420 g/mol. The molecule has 164 valence electrons. The van der Waals surface area contributed by atoms with E-state index in [-0.39, 0.29) is 0 Å². The minimum absolute atomic E-state index is 0.349. The van der Waals surface area contributed by atoms with Crippen LogP contribution in [0.15, 0.2) is 58.7 Å². The largest absolute Gasteiger partial charge is 0.384 e. The average Bonchev–Trinajstić information content (AvgIpc) is 3.42. The zero-order valence-electron chi connectivity index (χ0n) is 18.1. The van der Waals surface area contributed by atoms with Crippen LogP contribution >= 0.6 is 11.8 Å². The third-order valence-corrected chi connectivity index (χ3v) is 7.86. The van der Waals surface area contributed by atoms with Crippen molar-refractivity contribution in [3.63, 3.8) is 0 Å². The molecule has 3 aromatic heterocycles. The Bertz CT molecular complexity index is 1300. The second-order valence-electron chi connectivity index (χ2n) is 9.02. The minimum Gasteiger partial charge on any atom is -0.384 e. The Hall–Kier alpha value is -2.84. The summed E-state index contributed by atoms with van der Waals surface area (Å²) in [5.74, 6) is 1.48. The second-order valence-corrected chi connectivity index (χ2v) is 10.1. The molecule has 4 aromatic rings. The van der Waals surface area contributed by atoms with Crippen LogP contribution in [0.5, 0.6) is 0 Å². The third kappa shape index (κ3) is 3.38. The van der Waals surface area contributed by atoms with Gasteiger partial charge in [0.15, 0.2) is 5.65 Å². The van der Waals surface area contributed by atoms with Crippen molar-refractivity contribution in [1.29, 1.82) is 0 Å². The van der Waals surface area contributed by atoms with Crippen LogP contribution in [-0.4, -0.2) is 45.2 Å². The van der Waals surface area contributed by atoms with Crippen molar-refractivity contribution in [3.05, 3.63) is 48.9 Å². The number of nitrogen functional groups attached to an aromatic ring is 1. The van der Waals surface area contributed by atoms with Gasteiger partial charge in [0.2, 0.25) is 5.95 Å². The summed E-state index contributed by atoms with van der Waals surface area (Å²) in [7, 11) is 0. The molecule has 0 unspecified atom stereocenters. The van der Waals surface area contributed by atoms with Gasteiger partial charge in [0.25, 0.3) is 0 Å². The van der Waals surface area contributed by atoms with Crippen LogP contribution in [0.1, 0.15) is 26.2 Å². The maximum absolute atomic E-state index is 6.07. The molecule has 2 aliphatic rings. The van der Waals surface area contributed by atoms with Gasteiger partial charge in [-0.3, -0.25) is 4.40 Å². The summed E-state index contributed by atoms with van der Waals surface area (Å²) in [6.45, 7) is 5.07. The highest BCUT2D eigenvalue weighted by Gasteiger charge is 2.41. The van der Waals surface area contributed by atoms with E-state index in [0.29, 0.717) is 17.3 Å². The summed E-state index contributed by atoms with van der Waals surface area (Å²) in [4.78, 5) is 18.4. The van der Waals surface area contributed by atoms with Crippen LogP contribution in [-0.2, 0) is 4.74 Å². The van der Waals surface area contributed by atoms with Crippen molar-refractivity contribution >= 4 is 40.1 Å². The fourth-order valence-electron chi connectivity index (χ4n) is 5.13. The molecule has 5 heterocycles. The predicted molar refractivity (Wildman–Crippen MR) is 127 cm³/mol. The van der Waals surface area contributed by atoms with E-state index in [9.17, 15) is 0 Å². The highest BCUT2D eigenvalue weighted by Crippen LogP contribution is 2.43. The van der Waals surface area contributed by atoms with Crippen LogP contribution in [0.4, 0.5) is 11.8 Å². The topological polar surface area (TPSA) is 81.6 Å². The van der Waals surface area contributed by atoms with E-state index in [1.165, 1.54) is 6.42 Å². The first-order chi connectivity index (χ1) is 15.6. The number of hydrogen-bond donors (Lipinski definition) is 1. The van der Waals surface area contributed by atoms with Gasteiger partial charge in [0.1, 0.15) is 5.82 Å². The number of rotatable bonds is 3. The van der Waals surface area contributed by atoms with Gasteiger partial charge in [-0.2, -0.15) is 0 Å². The zero-order chi connectivity index (χ0) is 21.7. The number of fused-ring (bicyclic) bond motifs is 2. The van der Waals surface area contributed by atoms with E-state index >= 15 is 0 Å². The van der Waals surface area contributed by atoms with Crippen molar-refractivity contribution in [1.82, 2.24) is 19.4 Å². The number of pyridine rings is 1. The number of nitrogens with two attached hydrogens (primary N) is 1. The molecular formula is C24H26N6OS. The first kappa shape index (κ1) is 19.8. The molecule has 1 spiro atoms. The molecule has 2 fully saturated rings. The summed E-state index contributed by atoms with van der Waals surface area (Å²) < 4.78 is 8.00. The van der Waals surface area contributed by atoms with Gasteiger partial charge >= 0.3 is 0 Å². The molecule has 0 aliphatic carbocycles. The van der Waals surface area contributed by atoms with Gasteiger partial charge in [-0.1, -0.05) is 30.0 Å². The Morgan fingerprint density at radius 2 is 2.00 bits per heavy atom. The van der Waals surface area contributed by atoms with Gasteiger partial charge in [-0.15, -0.1) is 0 Å². The van der Waals surface area contributed by atoms with E-state index in [1.54, 1.807) is 11.8 Å². The number of imidazole rings is 1. The quantitative estimate of drug-likeness (QED) is 0.499. The Morgan fingerprint density at radius 3 is 2.81 bits per heavy atom. The number of aromatic nitrogens is 4. The summed E-state index contributed by atoms with van der Waals surface area (Å²) in [5, 5.41) is 1.08. The van der Waals surface area contributed by atoms with Crippen molar-refractivity contribution in [3.8, 4) is 0 Å². The number of nitrogens with zero attached hydrogens (tertiary/aromatic N) is 5. The van der Waals surface area contributed by atoms with Gasteiger partial charge < -0.3 is 15.4 Å². The van der Waals surface area contributed by atoms with Crippen LogP contribution in [0, 0.1) is 5.41 Å². The molecule has 1 aromatic carbocycles. The maximum atomic E-state index is 6.07. The fourth-order valence-corrected chi connectivity index (χ4v) is 6.18. The van der Waals surface area contributed by atoms with Gasteiger partial charge in [-0.05, 0) is 43.7 Å². The van der Waals surface area contributed by atoms with Crippen LogP contribution in [0.2, 0.25) is 0 Å². The summed E-state index contributed by atoms with van der Waals surface area (Å²) in [6.07, 6.45) is 9.65. The van der Waals surface area contributed by atoms with E-state index in [2.05, 4.69) is 32.3 Å². The SMILES string of the molecule is C[C@H]1CC2(CCN(c3ncc(Sc4cc(N)nc5ccccc45)c4nccn34)CC2)CO1. The Balaban J connectivity index is 1.31. The van der Waals surface area contributed by atoms with E-state index in [0.717, 1.165) is 64.8 Å². The minimum atomic E-state index is 0.349. The Morgan fingerprint density at radius 1 is 1.16 bits per heavy atom. The van der Waals surface area contributed by atoms with Crippen molar-refractivity contribution in [2.45, 2.75) is 42.1 Å². The van der Waals surface area contributed by atoms with Gasteiger partial charge in [-0.25, -0.2) is 15.0 Å². The van der Waals surface area contributed by atoms with Gasteiger partial charge in [0, 0.05) is 42.0 Å². The Kier molecular flexibility index (Phi) is 4.73. The van der Waals surface area contributed by atoms with Crippen molar-refractivity contribution in [2.75, 3.05) is 30.3 Å². The summed E-state index contributed by atoms with van der Waals surface area (Å²) in [5.41, 5.74) is 8.23. The molecule has 2 aliphatic heterocycles. The molecule has 32 heavy (non-hydrogen) atoms. The van der Waals surface area contributed by atoms with Gasteiger partial charge in [0.05, 0.1) is 23.1 Å². The lowest BCUT2D eigenvalue weighted by Crippen LogP contribution is -2.41. The molecule has 0 saturated carbocycles. The predicted octanol–water partition coefficient (Wildman–Crippen LogP) is 4.41. The second kappa shape index (κ2) is 7.64. The maximum Gasteiger partial charge on any atom is 0.211 e. The molecule has 0 radical (unpaired) electrons. The number of piperidine rings is 1. The summed E-state index contributed by atoms with van der Waals surface area (Å²) in [6, 6.07) is 9.99. The van der Waals surface area contributed by atoms with Crippen molar-refractivity contribution < 1.29 is 4.74 Å². The normalized spacial score (nSPS) is 20.5. The lowest BCUT2D eigenvalue weighted by Gasteiger charge is -2.39. The molecule has 2 saturated heterocycles. The van der Waals surface area contributed by atoms with Crippen LogP contribution in [0.3, 0.4) is 0 Å². The molecule has 1 atom stereocenters. The van der Waals surface area contributed by atoms with E-state index in [4.69, 9.17) is 15.5 Å². The van der Waals surface area contributed by atoms with E-state index in [1.807, 2.05) is 42.9 Å². The molecule has 2 N–H and O–H groups in total. The molecule has 8 heteroatoms. The zero-order valence-corrected chi connectivity index (χ0v) is 18.9. The standard InChI is InChI=1S/C24H26N6OS/c1-16-13-24(15-31-16)6-9-29(10-7-24)23-27-14-20(22-26-8-11-30(22)23)32-19-12-21(25)28-18-5-3-2-4-17(18)19/h2-5,8,11-12,14,16H,6-7,9-10,13,15H2,1H3,(H2,25,28)/t16-/m0/s1. The number of para-hydroxylation sites is 1. The van der Waals surface area contributed by atoms with Crippen molar-refractivity contribution in [2.24, 2.45) is 5.41 Å². The van der Waals surface area contributed by atoms with Crippen LogP contribution in [0.25, 0.3) is 16.6 Å². The fraction of sp³-hybridized carbons (Fsp3) is 0.375. The third-order valence-electron chi connectivity index (χ3n) is 6.79.